The number of fused-ring (bicyclic) bond motifs is 2. The van der Waals surface area contributed by atoms with Crippen molar-refractivity contribution in [3.63, 3.8) is 0 Å². The number of nitrogens with one attached hydrogen (secondary N) is 1. The Hall–Kier alpha value is -3.34. The summed E-state index contributed by atoms with van der Waals surface area (Å²) in [5.74, 6) is 0.688. The van der Waals surface area contributed by atoms with Crippen LogP contribution in [0, 0.1) is 0 Å². The van der Waals surface area contributed by atoms with Gasteiger partial charge in [-0.3, -0.25) is 0 Å². The molecule has 4 heterocycles. The van der Waals surface area contributed by atoms with Crippen LogP contribution >= 0.6 is 0 Å². The van der Waals surface area contributed by atoms with Crippen molar-refractivity contribution in [1.82, 2.24) is 29.2 Å². The first kappa shape index (κ1) is 22.8. The summed E-state index contributed by atoms with van der Waals surface area (Å²) < 4.78 is 28.6. The maximum atomic E-state index is 12.7. The number of anilines is 2. The zero-order valence-electron chi connectivity index (χ0n) is 18.7. The summed E-state index contributed by atoms with van der Waals surface area (Å²) in [5.41, 5.74) is 8.24. The SMILES string of the molecule is CC1(O)CCCCC1.CNc1nc(N)nn2ccc(-c3ccn4ncc(CC(F)F)c4n3)c12. The third-order valence-corrected chi connectivity index (χ3v) is 5.79. The fourth-order valence-electron chi connectivity index (χ4n) is 4.11. The van der Waals surface area contributed by atoms with Crippen LogP contribution in [0.1, 0.15) is 44.6 Å². The van der Waals surface area contributed by atoms with Crippen molar-refractivity contribution in [2.45, 2.75) is 57.5 Å². The Kier molecular flexibility index (Phi) is 6.41. The lowest BCUT2D eigenvalue weighted by atomic mass is 9.87. The van der Waals surface area contributed by atoms with E-state index in [9.17, 15) is 13.9 Å². The van der Waals surface area contributed by atoms with Gasteiger partial charge in [-0.05, 0) is 31.9 Å². The molecule has 4 aromatic rings. The number of hydrogen-bond donors (Lipinski definition) is 3. The van der Waals surface area contributed by atoms with Gasteiger partial charge >= 0.3 is 0 Å². The largest absolute Gasteiger partial charge is 0.390 e. The predicted molar refractivity (Wildman–Crippen MR) is 122 cm³/mol. The summed E-state index contributed by atoms with van der Waals surface area (Å²) in [4.78, 5) is 8.70. The first-order chi connectivity index (χ1) is 15.8. The minimum Gasteiger partial charge on any atom is -0.390 e. The Morgan fingerprint density at radius 3 is 2.52 bits per heavy atom. The number of nitrogen functional groups attached to an aromatic ring is 1. The average Bonchev–Trinajstić information content (AvgIpc) is 3.37. The highest BCUT2D eigenvalue weighted by atomic mass is 19.3. The Morgan fingerprint density at radius 1 is 1.15 bits per heavy atom. The second-order valence-corrected chi connectivity index (χ2v) is 8.49. The lowest BCUT2D eigenvalue weighted by Crippen LogP contribution is -2.26. The van der Waals surface area contributed by atoms with E-state index < -0.39 is 12.8 Å². The lowest BCUT2D eigenvalue weighted by Gasteiger charge is -2.27. The van der Waals surface area contributed by atoms with Crippen molar-refractivity contribution in [2.24, 2.45) is 0 Å². The van der Waals surface area contributed by atoms with Gasteiger partial charge in [0.15, 0.2) is 11.5 Å². The van der Waals surface area contributed by atoms with E-state index in [2.05, 4.69) is 25.5 Å². The highest BCUT2D eigenvalue weighted by molar-refractivity contribution is 5.87. The van der Waals surface area contributed by atoms with Gasteiger partial charge in [0.2, 0.25) is 12.4 Å². The Morgan fingerprint density at radius 2 is 1.88 bits per heavy atom. The van der Waals surface area contributed by atoms with E-state index in [-0.39, 0.29) is 11.5 Å². The molecule has 0 atom stereocenters. The van der Waals surface area contributed by atoms with E-state index in [1.807, 2.05) is 13.0 Å². The van der Waals surface area contributed by atoms with Crippen LogP contribution in [0.2, 0.25) is 0 Å². The van der Waals surface area contributed by atoms with Crippen molar-refractivity contribution in [3.8, 4) is 11.3 Å². The summed E-state index contributed by atoms with van der Waals surface area (Å²) in [5, 5.41) is 20.6. The monoisotopic (exact) mass is 458 g/mol. The smallest absolute Gasteiger partial charge is 0.242 e. The van der Waals surface area contributed by atoms with Crippen molar-refractivity contribution in [2.75, 3.05) is 18.1 Å². The van der Waals surface area contributed by atoms with E-state index in [0.29, 0.717) is 28.2 Å². The molecule has 4 N–H and O–H groups in total. The molecule has 0 saturated heterocycles. The number of hydrogen-bond acceptors (Lipinski definition) is 7. The lowest BCUT2D eigenvalue weighted by molar-refractivity contribution is 0.0225. The third-order valence-electron chi connectivity index (χ3n) is 5.79. The molecule has 0 spiro atoms. The zero-order valence-corrected chi connectivity index (χ0v) is 18.7. The minimum atomic E-state index is -2.46. The van der Waals surface area contributed by atoms with Crippen LogP contribution in [0.3, 0.4) is 0 Å². The molecule has 0 bridgehead atoms. The molecule has 0 amide bonds. The van der Waals surface area contributed by atoms with Gasteiger partial charge in [-0.25, -0.2) is 22.8 Å². The molecule has 1 fully saturated rings. The van der Waals surface area contributed by atoms with Crippen LogP contribution in [0.15, 0.2) is 30.7 Å². The van der Waals surface area contributed by atoms with Gasteiger partial charge in [0.1, 0.15) is 5.52 Å². The van der Waals surface area contributed by atoms with Crippen LogP contribution in [0.5, 0.6) is 0 Å². The fourth-order valence-corrected chi connectivity index (χ4v) is 4.11. The molecule has 9 nitrogen and oxygen atoms in total. The Balaban J connectivity index is 0.000000275. The maximum Gasteiger partial charge on any atom is 0.242 e. The highest BCUT2D eigenvalue weighted by Crippen LogP contribution is 2.29. The fraction of sp³-hybridized carbons (Fsp3) is 0.455. The van der Waals surface area contributed by atoms with Crippen LogP contribution in [-0.4, -0.2) is 53.4 Å². The normalized spacial score (nSPS) is 15.6. The predicted octanol–water partition coefficient (Wildman–Crippen LogP) is 3.57. The van der Waals surface area contributed by atoms with E-state index in [4.69, 9.17) is 5.73 Å². The molecular weight excluding hydrogens is 430 g/mol. The second-order valence-electron chi connectivity index (χ2n) is 8.49. The summed E-state index contributed by atoms with van der Waals surface area (Å²) in [6.07, 6.45) is 7.76. The van der Waals surface area contributed by atoms with Gasteiger partial charge in [0, 0.05) is 37.0 Å². The molecule has 0 unspecified atom stereocenters. The van der Waals surface area contributed by atoms with Gasteiger partial charge in [0.25, 0.3) is 0 Å². The standard InChI is InChI=1S/C15H14F2N8.C7H14O/c1-19-13-12-9(2-4-24(12)23-15(18)22-13)10-3-5-25-14(21-10)8(7-20-25)6-11(16)17;1-7(8)5-3-2-4-6-7/h2-5,7,11H,6H2,1H3,(H3,18,19,22,23);8H,2-6H2,1H3. The molecule has 0 aromatic carbocycles. The number of rotatable bonds is 4. The molecule has 4 aromatic heterocycles. The Bertz CT molecular complexity index is 1240. The van der Waals surface area contributed by atoms with Gasteiger partial charge < -0.3 is 16.2 Å². The molecule has 11 heteroatoms. The molecule has 5 rings (SSSR count). The summed E-state index contributed by atoms with van der Waals surface area (Å²) in [7, 11) is 1.73. The quantitative estimate of drug-likeness (QED) is 0.428. The van der Waals surface area contributed by atoms with Gasteiger partial charge in [-0.1, -0.05) is 19.3 Å². The number of aliphatic hydroxyl groups is 1. The number of alkyl halides is 2. The van der Waals surface area contributed by atoms with Crippen LogP contribution < -0.4 is 11.1 Å². The van der Waals surface area contributed by atoms with Crippen LogP contribution in [0.25, 0.3) is 22.4 Å². The number of nitrogens with two attached hydrogens (primary N) is 1. The molecule has 1 aliphatic carbocycles. The van der Waals surface area contributed by atoms with Gasteiger partial charge in [-0.2, -0.15) is 10.1 Å². The second kappa shape index (κ2) is 9.26. The summed E-state index contributed by atoms with van der Waals surface area (Å²) in [6.45, 7) is 1.94. The topological polar surface area (TPSA) is 119 Å². The van der Waals surface area contributed by atoms with Crippen molar-refractivity contribution in [1.29, 1.82) is 0 Å². The van der Waals surface area contributed by atoms with Crippen molar-refractivity contribution >= 4 is 22.9 Å². The van der Waals surface area contributed by atoms with Crippen LogP contribution in [-0.2, 0) is 6.42 Å². The molecule has 1 aliphatic rings. The number of halogens is 2. The zero-order chi connectivity index (χ0) is 23.6. The molecule has 176 valence electrons. The summed E-state index contributed by atoms with van der Waals surface area (Å²) in [6, 6.07) is 3.59. The van der Waals surface area contributed by atoms with Crippen molar-refractivity contribution in [3.05, 3.63) is 36.3 Å². The minimum absolute atomic E-state index is 0.137. The van der Waals surface area contributed by atoms with E-state index >= 15 is 0 Å². The highest BCUT2D eigenvalue weighted by Gasteiger charge is 2.22. The molecule has 33 heavy (non-hydrogen) atoms. The van der Waals surface area contributed by atoms with E-state index in [0.717, 1.165) is 18.4 Å². The summed E-state index contributed by atoms with van der Waals surface area (Å²) >= 11 is 0. The number of aromatic nitrogens is 6. The number of nitrogens with zero attached hydrogens (tertiary/aromatic N) is 6. The molecule has 0 aliphatic heterocycles. The first-order valence-corrected chi connectivity index (χ1v) is 10.9. The third kappa shape index (κ3) is 5.03. The molecule has 1 saturated carbocycles. The van der Waals surface area contributed by atoms with Gasteiger partial charge in [-0.15, -0.1) is 5.10 Å². The molecular formula is C22H28F2N8O. The van der Waals surface area contributed by atoms with Gasteiger partial charge in [0.05, 0.1) is 17.5 Å². The first-order valence-electron chi connectivity index (χ1n) is 10.9. The Labute approximate surface area is 189 Å². The van der Waals surface area contributed by atoms with Crippen molar-refractivity contribution < 1.29 is 13.9 Å². The maximum absolute atomic E-state index is 12.7. The van der Waals surface area contributed by atoms with E-state index in [1.165, 1.54) is 30.0 Å². The van der Waals surface area contributed by atoms with E-state index in [1.54, 1.807) is 30.0 Å². The van der Waals surface area contributed by atoms with Crippen LogP contribution in [0.4, 0.5) is 20.5 Å². The average molecular weight is 459 g/mol. The molecule has 0 radical (unpaired) electrons.